The molecule has 0 atom stereocenters. The second kappa shape index (κ2) is 6.14. The summed E-state index contributed by atoms with van der Waals surface area (Å²) in [4.78, 5) is 12.3. The van der Waals surface area contributed by atoms with Gasteiger partial charge in [-0.15, -0.1) is 0 Å². The highest BCUT2D eigenvalue weighted by molar-refractivity contribution is 7.88. The molecule has 0 unspecified atom stereocenters. The van der Waals surface area contributed by atoms with Gasteiger partial charge in [0.1, 0.15) is 0 Å². The van der Waals surface area contributed by atoms with Gasteiger partial charge < -0.3 is 5.32 Å². The lowest BCUT2D eigenvalue weighted by molar-refractivity contribution is 0.102. The summed E-state index contributed by atoms with van der Waals surface area (Å²) >= 11 is 0. The number of sulfonamides is 1. The van der Waals surface area contributed by atoms with Gasteiger partial charge in [0.05, 0.1) is 5.75 Å². The molecule has 1 aliphatic rings. The Hall–Kier alpha value is -2.18. The van der Waals surface area contributed by atoms with Crippen molar-refractivity contribution in [2.24, 2.45) is 5.14 Å². The standard InChI is InChI=1S/C17H18N2O3S/c18-23(21,22)11-12-4-6-14(7-5-12)17(20)19-16-9-8-13-2-1-3-15(13)10-16/h4-10H,1-3,11H2,(H,19,20)(H2,18,21,22). The van der Waals surface area contributed by atoms with Crippen LogP contribution < -0.4 is 10.5 Å². The number of rotatable bonds is 4. The minimum atomic E-state index is -3.57. The number of hydrogen-bond donors (Lipinski definition) is 2. The normalized spacial score (nSPS) is 13.6. The molecule has 5 nitrogen and oxygen atoms in total. The summed E-state index contributed by atoms with van der Waals surface area (Å²) in [6.45, 7) is 0. The molecule has 0 radical (unpaired) electrons. The molecule has 0 aliphatic heterocycles. The maximum Gasteiger partial charge on any atom is 0.255 e. The van der Waals surface area contributed by atoms with Gasteiger partial charge >= 0.3 is 0 Å². The van der Waals surface area contributed by atoms with Crippen LogP contribution in [0.25, 0.3) is 0 Å². The van der Waals surface area contributed by atoms with Crippen LogP contribution in [0.3, 0.4) is 0 Å². The molecule has 0 saturated heterocycles. The molecule has 120 valence electrons. The number of nitrogens with two attached hydrogens (primary N) is 1. The van der Waals surface area contributed by atoms with Crippen molar-refractivity contribution in [1.82, 2.24) is 0 Å². The number of carbonyl (C=O) groups excluding carboxylic acids is 1. The highest BCUT2D eigenvalue weighted by Gasteiger charge is 2.13. The minimum Gasteiger partial charge on any atom is -0.322 e. The predicted octanol–water partition coefficient (Wildman–Crippen LogP) is 2.22. The van der Waals surface area contributed by atoms with Crippen molar-refractivity contribution >= 4 is 21.6 Å². The molecule has 6 heteroatoms. The zero-order valence-corrected chi connectivity index (χ0v) is 13.4. The summed E-state index contributed by atoms with van der Waals surface area (Å²) in [5.41, 5.74) is 4.47. The van der Waals surface area contributed by atoms with Crippen LogP contribution in [0.5, 0.6) is 0 Å². The summed E-state index contributed by atoms with van der Waals surface area (Å²) in [6, 6.07) is 12.4. The third-order valence-electron chi connectivity index (χ3n) is 3.94. The molecule has 23 heavy (non-hydrogen) atoms. The summed E-state index contributed by atoms with van der Waals surface area (Å²) < 4.78 is 22.1. The number of fused-ring (bicyclic) bond motifs is 1. The average molecular weight is 330 g/mol. The topological polar surface area (TPSA) is 89.3 Å². The van der Waals surface area contributed by atoms with E-state index in [4.69, 9.17) is 5.14 Å². The van der Waals surface area contributed by atoms with Crippen molar-refractivity contribution in [2.75, 3.05) is 5.32 Å². The molecular formula is C17H18N2O3S. The maximum atomic E-state index is 12.3. The SMILES string of the molecule is NS(=O)(=O)Cc1ccc(C(=O)Nc2ccc3c(c2)CCC3)cc1. The molecule has 0 saturated carbocycles. The fourth-order valence-corrected chi connectivity index (χ4v) is 3.49. The van der Waals surface area contributed by atoms with E-state index in [0.29, 0.717) is 11.1 Å². The molecule has 0 spiro atoms. The second-order valence-corrected chi connectivity index (χ2v) is 7.41. The zero-order chi connectivity index (χ0) is 16.4. The summed E-state index contributed by atoms with van der Waals surface area (Å²) in [6.07, 6.45) is 3.33. The maximum absolute atomic E-state index is 12.3. The Bertz CT molecular complexity index is 843. The van der Waals surface area contributed by atoms with Gasteiger partial charge in [-0.3, -0.25) is 4.79 Å². The van der Waals surface area contributed by atoms with E-state index in [-0.39, 0.29) is 11.7 Å². The number of nitrogens with one attached hydrogen (secondary N) is 1. The van der Waals surface area contributed by atoms with Gasteiger partial charge in [-0.1, -0.05) is 18.2 Å². The van der Waals surface area contributed by atoms with Gasteiger partial charge in [0.15, 0.2) is 0 Å². The number of amides is 1. The van der Waals surface area contributed by atoms with E-state index < -0.39 is 10.0 Å². The van der Waals surface area contributed by atoms with Crippen LogP contribution in [-0.2, 0) is 28.6 Å². The van der Waals surface area contributed by atoms with E-state index >= 15 is 0 Å². The van der Waals surface area contributed by atoms with Crippen LogP contribution in [0.2, 0.25) is 0 Å². The first-order valence-corrected chi connectivity index (χ1v) is 9.15. The summed E-state index contributed by atoms with van der Waals surface area (Å²) in [5.74, 6) is -0.454. The molecule has 1 aliphatic carbocycles. The van der Waals surface area contributed by atoms with Gasteiger partial charge in [0, 0.05) is 11.3 Å². The average Bonchev–Trinajstić information content (AvgIpc) is 2.94. The Labute approximate surface area is 135 Å². The number of anilines is 1. The highest BCUT2D eigenvalue weighted by Crippen LogP contribution is 2.25. The zero-order valence-electron chi connectivity index (χ0n) is 12.6. The Balaban J connectivity index is 1.71. The van der Waals surface area contributed by atoms with Crippen LogP contribution in [0, 0.1) is 0 Å². The van der Waals surface area contributed by atoms with Gasteiger partial charge in [0.2, 0.25) is 10.0 Å². The van der Waals surface area contributed by atoms with Crippen LogP contribution in [-0.4, -0.2) is 14.3 Å². The van der Waals surface area contributed by atoms with Crippen molar-refractivity contribution in [3.63, 3.8) is 0 Å². The lowest BCUT2D eigenvalue weighted by atomic mass is 10.1. The number of benzene rings is 2. The molecule has 3 N–H and O–H groups in total. The third kappa shape index (κ3) is 3.97. The molecule has 0 heterocycles. The Morgan fingerprint density at radius 1 is 1.04 bits per heavy atom. The molecule has 2 aromatic rings. The van der Waals surface area contributed by atoms with Crippen LogP contribution in [0.4, 0.5) is 5.69 Å². The van der Waals surface area contributed by atoms with Crippen LogP contribution in [0.15, 0.2) is 42.5 Å². The van der Waals surface area contributed by atoms with E-state index in [1.165, 1.54) is 11.1 Å². The van der Waals surface area contributed by atoms with Crippen molar-refractivity contribution in [3.05, 3.63) is 64.7 Å². The Kier molecular flexibility index (Phi) is 4.19. The van der Waals surface area contributed by atoms with E-state index in [9.17, 15) is 13.2 Å². The van der Waals surface area contributed by atoms with Crippen molar-refractivity contribution in [2.45, 2.75) is 25.0 Å². The molecule has 0 bridgehead atoms. The highest BCUT2D eigenvalue weighted by atomic mass is 32.2. The Morgan fingerprint density at radius 3 is 2.43 bits per heavy atom. The first-order valence-electron chi connectivity index (χ1n) is 7.43. The van der Waals surface area contributed by atoms with Crippen molar-refractivity contribution < 1.29 is 13.2 Å². The van der Waals surface area contributed by atoms with Crippen molar-refractivity contribution in [3.8, 4) is 0 Å². The number of aryl methyl sites for hydroxylation is 2. The summed E-state index contributed by atoms with van der Waals surface area (Å²) in [7, 11) is -3.57. The lowest BCUT2D eigenvalue weighted by Gasteiger charge is -2.08. The van der Waals surface area contributed by atoms with Crippen molar-refractivity contribution in [1.29, 1.82) is 0 Å². The first-order chi connectivity index (χ1) is 10.9. The molecule has 0 aromatic heterocycles. The predicted molar refractivity (Wildman–Crippen MR) is 89.7 cm³/mol. The van der Waals surface area contributed by atoms with E-state index in [2.05, 4.69) is 11.4 Å². The number of hydrogen-bond acceptors (Lipinski definition) is 3. The molecule has 2 aromatic carbocycles. The van der Waals surface area contributed by atoms with Gasteiger partial charge in [0.25, 0.3) is 5.91 Å². The lowest BCUT2D eigenvalue weighted by Crippen LogP contribution is -2.15. The molecule has 1 amide bonds. The van der Waals surface area contributed by atoms with Crippen LogP contribution in [0.1, 0.15) is 33.5 Å². The van der Waals surface area contributed by atoms with E-state index in [1.807, 2.05) is 12.1 Å². The summed E-state index contributed by atoms with van der Waals surface area (Å²) in [5, 5.41) is 7.88. The fourth-order valence-electron chi connectivity index (χ4n) is 2.84. The van der Waals surface area contributed by atoms with E-state index in [0.717, 1.165) is 24.9 Å². The largest absolute Gasteiger partial charge is 0.322 e. The third-order valence-corrected chi connectivity index (χ3v) is 4.68. The Morgan fingerprint density at radius 2 is 1.74 bits per heavy atom. The first kappa shape index (κ1) is 15.7. The van der Waals surface area contributed by atoms with E-state index in [1.54, 1.807) is 24.3 Å². The number of primary sulfonamides is 1. The molecule has 3 rings (SSSR count). The number of carbonyl (C=O) groups is 1. The monoisotopic (exact) mass is 330 g/mol. The minimum absolute atomic E-state index is 0.217. The quantitative estimate of drug-likeness (QED) is 0.901. The van der Waals surface area contributed by atoms with Gasteiger partial charge in [-0.05, 0) is 60.2 Å². The van der Waals surface area contributed by atoms with Gasteiger partial charge in [-0.2, -0.15) is 0 Å². The fraction of sp³-hybridized carbons (Fsp3) is 0.235. The van der Waals surface area contributed by atoms with Gasteiger partial charge in [-0.25, -0.2) is 13.6 Å². The molecular weight excluding hydrogens is 312 g/mol. The molecule has 0 fully saturated rings. The second-order valence-electron chi connectivity index (χ2n) is 5.80. The van der Waals surface area contributed by atoms with Crippen LogP contribution >= 0.6 is 0 Å². The smallest absolute Gasteiger partial charge is 0.255 e.